The molecule has 3 N–H and O–H groups in total. The Labute approximate surface area is 235 Å². The molecule has 0 saturated heterocycles. The molecule has 1 amide bonds. The summed E-state index contributed by atoms with van der Waals surface area (Å²) in [5.41, 5.74) is 1.81. The topological polar surface area (TPSA) is 102 Å². The molecule has 42 heavy (non-hydrogen) atoms. The van der Waals surface area contributed by atoms with Crippen molar-refractivity contribution in [1.82, 2.24) is 0 Å². The average molecular weight is 581 g/mol. The van der Waals surface area contributed by atoms with Gasteiger partial charge in [-0.15, -0.1) is 0 Å². The summed E-state index contributed by atoms with van der Waals surface area (Å²) < 4.78 is 69.1. The van der Waals surface area contributed by atoms with Crippen molar-refractivity contribution in [2.24, 2.45) is 5.10 Å². The zero-order chi connectivity index (χ0) is 30.5. The summed E-state index contributed by atoms with van der Waals surface area (Å²) in [6.45, 7) is 3.62. The van der Waals surface area contributed by atoms with E-state index < -0.39 is 46.6 Å². The number of phenolic OH excluding ortho intramolecular Hbond substituents is 1. The molecule has 5 rings (SSSR count). The van der Waals surface area contributed by atoms with E-state index in [0.29, 0.717) is 5.69 Å². The maximum atomic E-state index is 14.6. The van der Waals surface area contributed by atoms with Crippen LogP contribution in [0.4, 0.5) is 39.0 Å². The van der Waals surface area contributed by atoms with Gasteiger partial charge in [-0.25, -0.2) is 13.6 Å². The number of aromatic hydroxyl groups is 1. The number of amides is 1. The second-order valence-electron chi connectivity index (χ2n) is 9.56. The number of hydrogen-bond donors (Lipinski definition) is 3. The number of halogens is 5. The molecule has 0 bridgehead atoms. The fraction of sp³-hybridized carbons (Fsp3) is 0.100. The zero-order valence-electron chi connectivity index (χ0n) is 21.8. The van der Waals surface area contributed by atoms with Crippen LogP contribution in [0.25, 0.3) is 11.1 Å². The molecular weight excluding hydrogens is 561 g/mol. The number of aromatic carboxylic acids is 1. The molecule has 1 aliphatic heterocycles. The van der Waals surface area contributed by atoms with Gasteiger partial charge in [0.15, 0.2) is 5.71 Å². The number of benzene rings is 4. The first kappa shape index (κ1) is 28.3. The predicted octanol–water partition coefficient (Wildman–Crippen LogP) is 7.17. The van der Waals surface area contributed by atoms with Crippen LogP contribution in [0, 0.1) is 25.5 Å². The molecule has 1 heterocycles. The number of hydrazone groups is 1. The van der Waals surface area contributed by atoms with Gasteiger partial charge in [0.05, 0.1) is 16.8 Å². The van der Waals surface area contributed by atoms with Gasteiger partial charge < -0.3 is 10.2 Å². The third-order valence-corrected chi connectivity index (χ3v) is 6.85. The van der Waals surface area contributed by atoms with Gasteiger partial charge in [0, 0.05) is 22.9 Å². The smallest absolute Gasteiger partial charge is 0.416 e. The summed E-state index contributed by atoms with van der Waals surface area (Å²) in [5, 5.41) is 24.1. The molecule has 0 saturated carbocycles. The van der Waals surface area contributed by atoms with E-state index in [1.165, 1.54) is 0 Å². The third kappa shape index (κ3) is 5.02. The highest BCUT2D eigenvalue weighted by Crippen LogP contribution is 2.41. The van der Waals surface area contributed by atoms with Crippen LogP contribution in [0.2, 0.25) is 0 Å². The zero-order valence-corrected chi connectivity index (χ0v) is 21.8. The van der Waals surface area contributed by atoms with Crippen molar-refractivity contribution in [3.8, 4) is 16.9 Å². The Morgan fingerprint density at radius 1 is 0.905 bits per heavy atom. The van der Waals surface area contributed by atoms with Crippen molar-refractivity contribution in [3.05, 3.63) is 106 Å². The summed E-state index contributed by atoms with van der Waals surface area (Å²) in [6.07, 6.45) is -4.68. The van der Waals surface area contributed by atoms with E-state index in [1.54, 1.807) is 25.1 Å². The number of nitrogens with zero attached hydrogens (tertiary/aromatic N) is 2. The molecule has 12 heteroatoms. The van der Waals surface area contributed by atoms with Crippen molar-refractivity contribution >= 4 is 34.7 Å². The summed E-state index contributed by atoms with van der Waals surface area (Å²) in [4.78, 5) is 26.0. The third-order valence-electron chi connectivity index (χ3n) is 6.85. The molecule has 0 fully saturated rings. The Morgan fingerprint density at radius 2 is 1.64 bits per heavy atom. The molecule has 0 aromatic heterocycles. The van der Waals surface area contributed by atoms with E-state index in [9.17, 15) is 41.8 Å². The quantitative estimate of drug-likeness (QED) is 0.132. The Morgan fingerprint density at radius 3 is 2.31 bits per heavy atom. The number of carboxylic acids is 1. The SMILES string of the molecule is Cc1ccc(N2C(=O)/C(=N\Nc3cc(F)cc(-c4ccc(F)c(C(=O)O)c4)c3O)c3ccc(C(F)(F)F)cc32)cc1C. The Bertz CT molecular complexity index is 1820. The maximum absolute atomic E-state index is 14.6. The fourth-order valence-corrected chi connectivity index (χ4v) is 4.53. The van der Waals surface area contributed by atoms with Crippen molar-refractivity contribution in [2.75, 3.05) is 10.3 Å². The molecule has 214 valence electrons. The van der Waals surface area contributed by atoms with Crippen LogP contribution in [0.3, 0.4) is 0 Å². The highest BCUT2D eigenvalue weighted by molar-refractivity contribution is 6.55. The second kappa shape index (κ2) is 10.3. The summed E-state index contributed by atoms with van der Waals surface area (Å²) >= 11 is 0. The Kier molecular flexibility index (Phi) is 6.93. The standard InChI is InChI=1S/C30H20F5N3O4/c1-14-3-6-19(9-15(14)2)38-25-11-17(30(33,34)35)5-7-20(25)26(28(38)40)37-36-24-13-18(31)12-21(27(24)39)16-4-8-23(32)22(10-16)29(41)42/h3-13,36,39H,1-2H3,(H,41,42)/b37-26-. The predicted molar refractivity (Wildman–Crippen MR) is 145 cm³/mol. The molecule has 0 spiro atoms. The molecule has 0 atom stereocenters. The molecule has 0 aliphatic carbocycles. The second-order valence-corrected chi connectivity index (χ2v) is 9.56. The van der Waals surface area contributed by atoms with Crippen LogP contribution in [-0.2, 0) is 11.0 Å². The Hall–Kier alpha value is -5.26. The lowest BCUT2D eigenvalue weighted by Gasteiger charge is -2.19. The highest BCUT2D eigenvalue weighted by atomic mass is 19.4. The van der Waals surface area contributed by atoms with Crippen molar-refractivity contribution < 1.29 is 41.8 Å². The van der Waals surface area contributed by atoms with Gasteiger partial charge in [-0.05, 0) is 79.1 Å². The van der Waals surface area contributed by atoms with Gasteiger partial charge in [0.2, 0.25) is 0 Å². The lowest BCUT2D eigenvalue weighted by molar-refractivity contribution is -0.137. The first-order valence-electron chi connectivity index (χ1n) is 12.3. The van der Waals surface area contributed by atoms with Gasteiger partial charge in [0.25, 0.3) is 5.91 Å². The molecule has 1 aliphatic rings. The molecule has 0 unspecified atom stereocenters. The summed E-state index contributed by atoms with van der Waals surface area (Å²) in [6, 6.07) is 12.3. The number of fused-ring (bicyclic) bond motifs is 1. The van der Waals surface area contributed by atoms with E-state index in [4.69, 9.17) is 0 Å². The number of alkyl halides is 3. The largest absolute Gasteiger partial charge is 0.505 e. The van der Waals surface area contributed by atoms with Crippen molar-refractivity contribution in [1.29, 1.82) is 0 Å². The van der Waals surface area contributed by atoms with Crippen LogP contribution in [-0.4, -0.2) is 27.8 Å². The number of nitrogens with one attached hydrogen (secondary N) is 1. The van der Waals surface area contributed by atoms with E-state index in [0.717, 1.165) is 64.6 Å². The van der Waals surface area contributed by atoms with Crippen LogP contribution >= 0.6 is 0 Å². The average Bonchev–Trinajstić information content (AvgIpc) is 3.20. The minimum Gasteiger partial charge on any atom is -0.505 e. The normalized spacial score (nSPS) is 13.9. The number of anilines is 3. The van der Waals surface area contributed by atoms with Crippen LogP contribution in [0.1, 0.15) is 32.6 Å². The van der Waals surface area contributed by atoms with Gasteiger partial charge in [-0.1, -0.05) is 12.1 Å². The lowest BCUT2D eigenvalue weighted by Crippen LogP contribution is -2.26. The van der Waals surface area contributed by atoms with Crippen LogP contribution in [0.15, 0.2) is 71.8 Å². The molecule has 4 aromatic carbocycles. The Balaban J connectivity index is 1.59. The monoisotopic (exact) mass is 581 g/mol. The number of phenols is 1. The van der Waals surface area contributed by atoms with E-state index in [1.807, 2.05) is 6.92 Å². The highest BCUT2D eigenvalue weighted by Gasteiger charge is 2.39. The minimum absolute atomic E-state index is 0.0237. The summed E-state index contributed by atoms with van der Waals surface area (Å²) in [5.74, 6) is -4.88. The fourth-order valence-electron chi connectivity index (χ4n) is 4.53. The first-order chi connectivity index (χ1) is 19.8. The molecule has 0 radical (unpaired) electrons. The van der Waals surface area contributed by atoms with E-state index >= 15 is 0 Å². The molecule has 7 nitrogen and oxygen atoms in total. The first-order valence-corrected chi connectivity index (χ1v) is 12.3. The van der Waals surface area contributed by atoms with Gasteiger partial charge in [0.1, 0.15) is 23.1 Å². The van der Waals surface area contributed by atoms with Crippen molar-refractivity contribution in [2.45, 2.75) is 20.0 Å². The van der Waals surface area contributed by atoms with Gasteiger partial charge in [-0.3, -0.25) is 15.1 Å². The van der Waals surface area contributed by atoms with E-state index in [2.05, 4.69) is 10.5 Å². The minimum atomic E-state index is -4.68. The number of rotatable bonds is 5. The number of hydrogen-bond acceptors (Lipinski definition) is 5. The molecular formula is C30H20F5N3O4. The number of carbonyl (C=O) groups excluding carboxylic acids is 1. The van der Waals surface area contributed by atoms with Crippen LogP contribution in [0.5, 0.6) is 5.75 Å². The van der Waals surface area contributed by atoms with Gasteiger partial charge in [-0.2, -0.15) is 18.3 Å². The lowest BCUT2D eigenvalue weighted by atomic mass is 10.0. The number of carboxylic acid groups (broad SMARTS) is 1. The number of carbonyl (C=O) groups is 2. The summed E-state index contributed by atoms with van der Waals surface area (Å²) in [7, 11) is 0. The van der Waals surface area contributed by atoms with E-state index in [-0.39, 0.29) is 33.8 Å². The van der Waals surface area contributed by atoms with Crippen molar-refractivity contribution in [3.63, 3.8) is 0 Å². The number of aryl methyl sites for hydroxylation is 2. The van der Waals surface area contributed by atoms with Crippen LogP contribution < -0.4 is 10.3 Å². The molecule has 4 aromatic rings. The van der Waals surface area contributed by atoms with Gasteiger partial charge >= 0.3 is 12.1 Å². The maximum Gasteiger partial charge on any atom is 0.416 e.